The summed E-state index contributed by atoms with van der Waals surface area (Å²) in [6.45, 7) is 13.9. The molecule has 0 spiro atoms. The molecule has 1 aliphatic heterocycles. The first kappa shape index (κ1) is 29.1. The van der Waals surface area contributed by atoms with Crippen LogP contribution in [0.2, 0.25) is 19.6 Å². The fourth-order valence-electron chi connectivity index (χ4n) is 3.86. The highest BCUT2D eigenvalue weighted by Crippen LogP contribution is 2.39. The van der Waals surface area contributed by atoms with Crippen molar-refractivity contribution in [2.24, 2.45) is 17.3 Å². The highest BCUT2D eigenvalue weighted by Gasteiger charge is 2.55. The largest absolute Gasteiger partial charge is 0.427 e. The zero-order valence-electron chi connectivity index (χ0n) is 21.8. The van der Waals surface area contributed by atoms with Crippen LogP contribution >= 0.6 is 11.8 Å². The molecule has 0 bridgehead atoms. The lowest BCUT2D eigenvalue weighted by molar-refractivity contribution is -0.182. The van der Waals surface area contributed by atoms with E-state index >= 15 is 0 Å². The molecule has 10 heteroatoms. The molecular formula is C25H37NO7SSi. The van der Waals surface area contributed by atoms with Gasteiger partial charge in [-0.2, -0.15) is 0 Å². The standard InChI is InChI=1S/C25H37NO7SSi/c1-16(23(29)34-18-12-10-9-11-13-18)21-20(17(2)33-35(6,7)8)22(28)26(21)14-19(27)31-15-32-24(30)25(3,4)5/h9-13,16-17,20-21H,14-15H2,1-8H3/t16-,17-,20-,21-/m1/s1. The summed E-state index contributed by atoms with van der Waals surface area (Å²) in [5.41, 5.74) is -0.725. The number of likely N-dealkylation sites (tertiary alicyclic amines) is 1. The highest BCUT2D eigenvalue weighted by atomic mass is 32.2. The maximum Gasteiger partial charge on any atom is 0.328 e. The molecule has 1 aromatic rings. The molecule has 35 heavy (non-hydrogen) atoms. The Hall–Kier alpha value is -2.17. The first-order chi connectivity index (χ1) is 16.1. The van der Waals surface area contributed by atoms with Gasteiger partial charge < -0.3 is 18.8 Å². The van der Waals surface area contributed by atoms with Crippen molar-refractivity contribution in [3.8, 4) is 0 Å². The molecule has 194 valence electrons. The molecule has 8 nitrogen and oxygen atoms in total. The van der Waals surface area contributed by atoms with E-state index < -0.39 is 56.4 Å². The normalized spacial score (nSPS) is 20.0. The second-order valence-corrected chi connectivity index (χ2v) is 16.3. The van der Waals surface area contributed by atoms with E-state index in [1.165, 1.54) is 4.90 Å². The van der Waals surface area contributed by atoms with E-state index in [-0.39, 0.29) is 17.6 Å². The summed E-state index contributed by atoms with van der Waals surface area (Å²) in [6, 6.07) is 8.78. The molecule has 1 amide bonds. The topological polar surface area (TPSA) is 99.2 Å². The van der Waals surface area contributed by atoms with Crippen LogP contribution in [0.5, 0.6) is 0 Å². The lowest BCUT2D eigenvalue weighted by atomic mass is 9.77. The summed E-state index contributed by atoms with van der Waals surface area (Å²) >= 11 is 1.11. The molecule has 1 saturated heterocycles. The Kier molecular flexibility index (Phi) is 9.72. The molecule has 1 heterocycles. The highest BCUT2D eigenvalue weighted by molar-refractivity contribution is 8.13. The second-order valence-electron chi connectivity index (χ2n) is 10.8. The van der Waals surface area contributed by atoms with Crippen molar-refractivity contribution in [1.29, 1.82) is 0 Å². The summed E-state index contributed by atoms with van der Waals surface area (Å²) < 4.78 is 16.2. The first-order valence-corrected chi connectivity index (χ1v) is 15.9. The number of nitrogens with zero attached hydrogens (tertiary/aromatic N) is 1. The number of hydrogen-bond acceptors (Lipinski definition) is 8. The minimum absolute atomic E-state index is 0.101. The molecule has 0 saturated carbocycles. The molecule has 1 aromatic carbocycles. The number of β-lactam (4-membered cyclic amide) rings is 1. The number of carbonyl (C=O) groups is 4. The van der Waals surface area contributed by atoms with Crippen LogP contribution in [0.25, 0.3) is 0 Å². The van der Waals surface area contributed by atoms with Gasteiger partial charge in [-0.05, 0) is 59.5 Å². The smallest absolute Gasteiger partial charge is 0.328 e. The van der Waals surface area contributed by atoms with Crippen molar-refractivity contribution in [3.63, 3.8) is 0 Å². The SMILES string of the molecule is C[C@@H](O[Si](C)(C)C)[C@H]1C(=O)N(CC(=O)OCOC(=O)C(C)(C)C)[C@@H]1[C@@H](C)C(=O)Sc1ccccc1. The lowest BCUT2D eigenvalue weighted by Crippen LogP contribution is -2.69. The quantitative estimate of drug-likeness (QED) is 0.149. The van der Waals surface area contributed by atoms with Crippen LogP contribution in [-0.4, -0.2) is 61.7 Å². The van der Waals surface area contributed by atoms with Gasteiger partial charge >= 0.3 is 11.9 Å². The molecule has 1 fully saturated rings. The van der Waals surface area contributed by atoms with Gasteiger partial charge in [0.15, 0.2) is 13.4 Å². The number of esters is 2. The van der Waals surface area contributed by atoms with Gasteiger partial charge in [-0.3, -0.25) is 19.2 Å². The molecule has 4 atom stereocenters. The Morgan fingerprint density at radius 1 is 1.06 bits per heavy atom. The fourth-order valence-corrected chi connectivity index (χ4v) is 5.97. The van der Waals surface area contributed by atoms with Crippen molar-refractivity contribution < 1.29 is 33.1 Å². The average molecular weight is 524 g/mol. The molecule has 0 aliphatic carbocycles. The molecular weight excluding hydrogens is 486 g/mol. The van der Waals surface area contributed by atoms with Crippen molar-refractivity contribution >= 4 is 43.0 Å². The van der Waals surface area contributed by atoms with Crippen LogP contribution in [0.15, 0.2) is 35.2 Å². The molecule has 2 rings (SSSR count). The van der Waals surface area contributed by atoms with E-state index in [2.05, 4.69) is 0 Å². The van der Waals surface area contributed by atoms with Gasteiger partial charge in [0.2, 0.25) is 12.7 Å². The fraction of sp³-hybridized carbons (Fsp3) is 0.600. The Morgan fingerprint density at radius 3 is 2.20 bits per heavy atom. The third-order valence-corrected chi connectivity index (χ3v) is 7.67. The van der Waals surface area contributed by atoms with Crippen LogP contribution in [0, 0.1) is 17.3 Å². The minimum Gasteiger partial charge on any atom is -0.427 e. The van der Waals surface area contributed by atoms with Crippen molar-refractivity contribution in [2.45, 2.75) is 71.3 Å². The van der Waals surface area contributed by atoms with Crippen LogP contribution in [0.1, 0.15) is 34.6 Å². The van der Waals surface area contributed by atoms with Gasteiger partial charge in [0.25, 0.3) is 0 Å². The predicted octanol–water partition coefficient (Wildman–Crippen LogP) is 4.10. The number of carbonyl (C=O) groups excluding carboxylic acids is 4. The predicted molar refractivity (Wildman–Crippen MR) is 136 cm³/mol. The third-order valence-electron chi connectivity index (χ3n) is 5.51. The second kappa shape index (κ2) is 11.7. The molecule has 0 aromatic heterocycles. The number of ether oxygens (including phenoxy) is 2. The van der Waals surface area contributed by atoms with E-state index in [9.17, 15) is 19.2 Å². The van der Waals surface area contributed by atoms with Crippen LogP contribution in [-0.2, 0) is 33.1 Å². The third kappa shape index (κ3) is 8.18. The number of benzene rings is 1. The van der Waals surface area contributed by atoms with Crippen LogP contribution in [0.4, 0.5) is 0 Å². The summed E-state index contributed by atoms with van der Waals surface area (Å²) in [5.74, 6) is -2.55. The van der Waals surface area contributed by atoms with Gasteiger partial charge in [-0.25, -0.2) is 0 Å². The van der Waals surface area contributed by atoms with Gasteiger partial charge in [0.05, 0.1) is 23.5 Å². The van der Waals surface area contributed by atoms with E-state index in [4.69, 9.17) is 13.9 Å². The number of hydrogen-bond donors (Lipinski definition) is 0. The molecule has 0 unspecified atom stereocenters. The Labute approximate surface area is 213 Å². The summed E-state index contributed by atoms with van der Waals surface area (Å²) in [4.78, 5) is 52.7. The van der Waals surface area contributed by atoms with Gasteiger partial charge in [0, 0.05) is 10.8 Å². The molecule has 0 radical (unpaired) electrons. The first-order valence-electron chi connectivity index (χ1n) is 11.7. The summed E-state index contributed by atoms with van der Waals surface area (Å²) in [7, 11) is -1.95. The van der Waals surface area contributed by atoms with Gasteiger partial charge in [-0.1, -0.05) is 36.9 Å². The average Bonchev–Trinajstić information content (AvgIpc) is 2.73. The van der Waals surface area contributed by atoms with Gasteiger partial charge in [-0.15, -0.1) is 0 Å². The van der Waals surface area contributed by atoms with Crippen molar-refractivity contribution in [1.82, 2.24) is 4.90 Å². The number of amides is 1. The lowest BCUT2D eigenvalue weighted by Gasteiger charge is -2.51. The molecule has 1 aliphatic rings. The van der Waals surface area contributed by atoms with Gasteiger partial charge in [0.1, 0.15) is 6.54 Å². The van der Waals surface area contributed by atoms with E-state index in [0.29, 0.717) is 0 Å². The zero-order valence-corrected chi connectivity index (χ0v) is 23.6. The maximum absolute atomic E-state index is 13.1. The van der Waals surface area contributed by atoms with Crippen molar-refractivity contribution in [3.05, 3.63) is 30.3 Å². The monoisotopic (exact) mass is 523 g/mol. The minimum atomic E-state index is -1.95. The summed E-state index contributed by atoms with van der Waals surface area (Å²) in [6.07, 6.45) is -0.392. The number of thioether (sulfide) groups is 1. The molecule has 0 N–H and O–H groups in total. The Bertz CT molecular complexity index is 926. The zero-order chi connectivity index (χ0) is 26.6. The van der Waals surface area contributed by atoms with E-state index in [1.807, 2.05) is 56.9 Å². The Morgan fingerprint density at radius 2 is 1.66 bits per heavy atom. The van der Waals surface area contributed by atoms with E-state index in [1.54, 1.807) is 27.7 Å². The Balaban J connectivity index is 2.11. The van der Waals surface area contributed by atoms with Crippen LogP contribution < -0.4 is 0 Å². The number of rotatable bonds is 10. The van der Waals surface area contributed by atoms with Crippen molar-refractivity contribution in [2.75, 3.05) is 13.3 Å². The van der Waals surface area contributed by atoms with E-state index in [0.717, 1.165) is 16.7 Å². The maximum atomic E-state index is 13.1. The van der Waals surface area contributed by atoms with Crippen LogP contribution in [0.3, 0.4) is 0 Å². The summed E-state index contributed by atoms with van der Waals surface area (Å²) in [5, 5.41) is -0.101.